The van der Waals surface area contributed by atoms with Crippen LogP contribution in [0.25, 0.3) is 0 Å². The number of hydrogen-bond donors (Lipinski definition) is 1. The Morgan fingerprint density at radius 1 is 1.21 bits per heavy atom. The minimum absolute atomic E-state index is 0.173. The van der Waals surface area contributed by atoms with E-state index in [0.717, 1.165) is 38.6 Å². The Kier molecular flexibility index (Phi) is 6.21. The number of ether oxygens (including phenoxy) is 1. The molecule has 0 radical (unpaired) electrons. The summed E-state index contributed by atoms with van der Waals surface area (Å²) in [4.78, 5) is 12.0. The highest BCUT2D eigenvalue weighted by atomic mass is 35.5. The van der Waals surface area contributed by atoms with Crippen molar-refractivity contribution in [2.45, 2.75) is 55.4 Å². The van der Waals surface area contributed by atoms with Crippen LogP contribution in [-0.4, -0.2) is 50.5 Å². The van der Waals surface area contributed by atoms with Crippen LogP contribution in [-0.2, 0) is 19.6 Å². The maximum Gasteiger partial charge on any atom is 0.244 e. The van der Waals surface area contributed by atoms with Crippen LogP contribution in [0.15, 0.2) is 29.2 Å². The standard InChI is InChI=1S/C21H29ClN2O4S/c22-18-3-1-2-4-19(18)29(26,27)24-12-9-21(10-13-24)15-16(8-14-28-21)7-11-23-20(25)17-5-6-17/h1-4,16-17H,5-15H2,(H,23,25). The van der Waals surface area contributed by atoms with Crippen molar-refractivity contribution in [1.29, 1.82) is 0 Å². The molecular weight excluding hydrogens is 412 g/mol. The Labute approximate surface area is 178 Å². The molecule has 1 aromatic rings. The fraction of sp³-hybridized carbons (Fsp3) is 0.667. The number of amides is 1. The van der Waals surface area contributed by atoms with Crippen LogP contribution in [0.3, 0.4) is 0 Å². The van der Waals surface area contributed by atoms with Crippen LogP contribution in [0.2, 0.25) is 5.02 Å². The van der Waals surface area contributed by atoms with Crippen molar-refractivity contribution >= 4 is 27.5 Å². The Bertz CT molecular complexity index is 848. The fourth-order valence-corrected chi connectivity index (χ4v) is 6.48. The summed E-state index contributed by atoms with van der Waals surface area (Å²) in [7, 11) is -3.59. The molecule has 1 aliphatic carbocycles. The van der Waals surface area contributed by atoms with Gasteiger partial charge >= 0.3 is 0 Å². The van der Waals surface area contributed by atoms with E-state index in [1.807, 2.05) is 0 Å². The molecule has 0 bridgehead atoms. The lowest BCUT2D eigenvalue weighted by molar-refractivity contribution is -0.124. The normalized spacial score (nSPS) is 25.1. The fourth-order valence-electron chi connectivity index (χ4n) is 4.54. The zero-order valence-corrected chi connectivity index (χ0v) is 18.2. The molecule has 2 saturated heterocycles. The van der Waals surface area contributed by atoms with E-state index < -0.39 is 10.0 Å². The molecule has 2 aliphatic heterocycles. The topological polar surface area (TPSA) is 75.7 Å². The van der Waals surface area contributed by atoms with E-state index >= 15 is 0 Å². The maximum atomic E-state index is 13.0. The molecule has 3 aliphatic rings. The lowest BCUT2D eigenvalue weighted by atomic mass is 9.79. The van der Waals surface area contributed by atoms with Gasteiger partial charge in [-0.1, -0.05) is 23.7 Å². The van der Waals surface area contributed by atoms with Crippen molar-refractivity contribution in [3.05, 3.63) is 29.3 Å². The van der Waals surface area contributed by atoms with Crippen molar-refractivity contribution in [1.82, 2.24) is 9.62 Å². The number of carbonyl (C=O) groups is 1. The molecule has 1 amide bonds. The zero-order chi connectivity index (χ0) is 20.5. The highest BCUT2D eigenvalue weighted by Crippen LogP contribution is 2.40. The van der Waals surface area contributed by atoms with Crippen LogP contribution in [0.5, 0.6) is 0 Å². The molecule has 1 spiro atoms. The Morgan fingerprint density at radius 2 is 1.93 bits per heavy atom. The van der Waals surface area contributed by atoms with Gasteiger partial charge in [0.25, 0.3) is 0 Å². The molecule has 6 nitrogen and oxygen atoms in total. The molecule has 0 aromatic heterocycles. The second-order valence-electron chi connectivity index (χ2n) is 8.58. The second-order valence-corrected chi connectivity index (χ2v) is 10.9. The van der Waals surface area contributed by atoms with E-state index in [0.29, 0.717) is 38.5 Å². The van der Waals surface area contributed by atoms with Gasteiger partial charge in [-0.2, -0.15) is 4.31 Å². The monoisotopic (exact) mass is 440 g/mol. The van der Waals surface area contributed by atoms with E-state index in [4.69, 9.17) is 16.3 Å². The third-order valence-corrected chi connectivity index (χ3v) is 8.88. The average molecular weight is 441 g/mol. The number of hydrogen-bond acceptors (Lipinski definition) is 4. The van der Waals surface area contributed by atoms with Gasteiger partial charge in [0.1, 0.15) is 4.90 Å². The number of benzene rings is 1. The summed E-state index contributed by atoms with van der Waals surface area (Å²) in [6.45, 7) is 2.32. The molecule has 1 N–H and O–H groups in total. The third-order valence-electron chi connectivity index (χ3n) is 6.48. The predicted molar refractivity (Wildman–Crippen MR) is 111 cm³/mol. The molecule has 1 unspecified atom stereocenters. The SMILES string of the molecule is O=C(NCCC1CCOC2(CCN(S(=O)(=O)c3ccccc3Cl)CC2)C1)C1CC1. The number of halogens is 1. The van der Waals surface area contributed by atoms with Gasteiger partial charge in [0.15, 0.2) is 0 Å². The van der Waals surface area contributed by atoms with Gasteiger partial charge in [0, 0.05) is 32.2 Å². The summed E-state index contributed by atoms with van der Waals surface area (Å²) in [5.74, 6) is 0.959. The van der Waals surface area contributed by atoms with E-state index in [-0.39, 0.29) is 27.3 Å². The van der Waals surface area contributed by atoms with E-state index in [2.05, 4.69) is 5.32 Å². The van der Waals surface area contributed by atoms with Gasteiger partial charge in [-0.3, -0.25) is 4.79 Å². The third kappa shape index (κ3) is 4.79. The molecular formula is C21H29ClN2O4S. The second kappa shape index (κ2) is 8.53. The summed E-state index contributed by atoms with van der Waals surface area (Å²) >= 11 is 6.12. The first kappa shape index (κ1) is 21.1. The van der Waals surface area contributed by atoms with Crippen molar-refractivity contribution in [3.63, 3.8) is 0 Å². The summed E-state index contributed by atoms with van der Waals surface area (Å²) in [5.41, 5.74) is -0.240. The highest BCUT2D eigenvalue weighted by molar-refractivity contribution is 7.89. The zero-order valence-electron chi connectivity index (χ0n) is 16.6. The van der Waals surface area contributed by atoms with Gasteiger partial charge in [-0.05, 0) is 63.0 Å². The molecule has 1 saturated carbocycles. The van der Waals surface area contributed by atoms with Gasteiger partial charge in [0.05, 0.1) is 10.6 Å². The number of nitrogens with zero attached hydrogens (tertiary/aromatic N) is 1. The Balaban J connectivity index is 1.32. The van der Waals surface area contributed by atoms with Gasteiger partial charge in [-0.25, -0.2) is 8.42 Å². The van der Waals surface area contributed by atoms with Crippen LogP contribution in [0.4, 0.5) is 0 Å². The minimum Gasteiger partial charge on any atom is -0.375 e. The Morgan fingerprint density at radius 3 is 2.62 bits per heavy atom. The van der Waals surface area contributed by atoms with Crippen molar-refractivity contribution < 1.29 is 17.9 Å². The van der Waals surface area contributed by atoms with Crippen molar-refractivity contribution in [2.24, 2.45) is 11.8 Å². The van der Waals surface area contributed by atoms with Crippen LogP contribution >= 0.6 is 11.6 Å². The largest absolute Gasteiger partial charge is 0.375 e. The van der Waals surface area contributed by atoms with Gasteiger partial charge in [0.2, 0.25) is 15.9 Å². The van der Waals surface area contributed by atoms with Crippen LogP contribution in [0, 0.1) is 11.8 Å². The molecule has 8 heteroatoms. The predicted octanol–water partition coefficient (Wildman–Crippen LogP) is 3.21. The average Bonchev–Trinajstić information content (AvgIpc) is 3.54. The Hall–Kier alpha value is -1.15. The van der Waals surface area contributed by atoms with Crippen molar-refractivity contribution in [2.75, 3.05) is 26.2 Å². The number of piperidine rings is 1. The summed E-state index contributed by atoms with van der Waals surface area (Å²) < 4.78 is 33.6. The summed E-state index contributed by atoms with van der Waals surface area (Å²) in [6, 6.07) is 6.60. The maximum absolute atomic E-state index is 13.0. The molecule has 1 atom stereocenters. The lowest BCUT2D eigenvalue weighted by Gasteiger charge is -2.46. The van der Waals surface area contributed by atoms with Crippen LogP contribution in [0.1, 0.15) is 44.9 Å². The molecule has 4 rings (SSSR count). The number of nitrogens with one attached hydrogen (secondary N) is 1. The molecule has 1 aromatic carbocycles. The van der Waals surface area contributed by atoms with E-state index in [1.165, 1.54) is 4.31 Å². The first-order chi connectivity index (χ1) is 13.9. The first-order valence-electron chi connectivity index (χ1n) is 10.6. The summed E-state index contributed by atoms with van der Waals surface area (Å²) in [6.07, 6.45) is 6.35. The molecule has 160 valence electrons. The van der Waals surface area contributed by atoms with Gasteiger partial charge in [-0.15, -0.1) is 0 Å². The van der Waals surface area contributed by atoms with Crippen molar-refractivity contribution in [3.8, 4) is 0 Å². The minimum atomic E-state index is -3.59. The quantitative estimate of drug-likeness (QED) is 0.736. The molecule has 2 heterocycles. The van der Waals surface area contributed by atoms with Gasteiger partial charge < -0.3 is 10.1 Å². The lowest BCUT2D eigenvalue weighted by Crippen LogP contribution is -2.51. The van der Waals surface area contributed by atoms with Crippen LogP contribution < -0.4 is 5.32 Å². The summed E-state index contributed by atoms with van der Waals surface area (Å²) in [5, 5.41) is 3.31. The number of carbonyl (C=O) groups excluding carboxylic acids is 1. The number of rotatable bonds is 6. The van der Waals surface area contributed by atoms with E-state index in [1.54, 1.807) is 24.3 Å². The van der Waals surface area contributed by atoms with E-state index in [9.17, 15) is 13.2 Å². The molecule has 29 heavy (non-hydrogen) atoms. The molecule has 3 fully saturated rings. The smallest absolute Gasteiger partial charge is 0.244 e. The number of sulfonamides is 1. The highest BCUT2D eigenvalue weighted by Gasteiger charge is 2.43. The first-order valence-corrected chi connectivity index (χ1v) is 12.4.